The lowest BCUT2D eigenvalue weighted by Crippen LogP contribution is -2.12. The Hall–Kier alpha value is -4.04. The molecule has 0 saturated heterocycles. The molecule has 0 fully saturated rings. The van der Waals surface area contributed by atoms with Crippen LogP contribution in [0.5, 0.6) is 6.01 Å². The van der Waals surface area contributed by atoms with Crippen LogP contribution in [-0.2, 0) is 4.74 Å². The van der Waals surface area contributed by atoms with Crippen LogP contribution in [0, 0.1) is 19.7 Å². The van der Waals surface area contributed by atoms with Gasteiger partial charge in [-0.1, -0.05) is 24.3 Å². The van der Waals surface area contributed by atoms with Crippen molar-refractivity contribution in [2.75, 3.05) is 25.1 Å². The summed E-state index contributed by atoms with van der Waals surface area (Å²) in [6.07, 6.45) is 0. The second-order valence-electron chi connectivity index (χ2n) is 7.96. The van der Waals surface area contributed by atoms with Crippen molar-refractivity contribution in [3.63, 3.8) is 0 Å². The number of hydrogen-bond acceptors (Lipinski definition) is 5. The first-order valence-corrected chi connectivity index (χ1v) is 11.4. The minimum absolute atomic E-state index is 0.256. The van der Waals surface area contributed by atoms with Crippen LogP contribution >= 0.6 is 0 Å². The summed E-state index contributed by atoms with van der Waals surface area (Å²) in [4.78, 5) is 17.2. The van der Waals surface area contributed by atoms with Gasteiger partial charge in [0.2, 0.25) is 0 Å². The highest BCUT2D eigenvalue weighted by molar-refractivity contribution is 6.04. The average Bonchev–Trinajstić information content (AvgIpc) is 3.28. The van der Waals surface area contributed by atoms with Gasteiger partial charge in [-0.05, 0) is 74.4 Å². The monoisotopic (exact) mass is 474 g/mol. The van der Waals surface area contributed by atoms with Crippen LogP contribution in [-0.4, -0.2) is 40.5 Å². The summed E-state index contributed by atoms with van der Waals surface area (Å²) < 4.78 is 26.3. The van der Waals surface area contributed by atoms with E-state index in [4.69, 9.17) is 9.47 Å². The fourth-order valence-electron chi connectivity index (χ4n) is 3.54. The maximum atomic E-state index is 13.5. The number of rotatable bonds is 9. The Morgan fingerprint density at radius 3 is 2.49 bits per heavy atom. The second-order valence-corrected chi connectivity index (χ2v) is 7.96. The first-order valence-electron chi connectivity index (χ1n) is 11.4. The molecule has 1 heterocycles. The van der Waals surface area contributed by atoms with E-state index in [0.717, 1.165) is 16.8 Å². The fourth-order valence-corrected chi connectivity index (χ4v) is 3.54. The van der Waals surface area contributed by atoms with Gasteiger partial charge in [-0.3, -0.25) is 4.79 Å². The maximum absolute atomic E-state index is 13.5. The number of aromatic nitrogens is 3. The van der Waals surface area contributed by atoms with E-state index in [1.165, 1.54) is 18.2 Å². The summed E-state index contributed by atoms with van der Waals surface area (Å²) in [6.45, 7) is 6.98. The SMILES string of the molecule is CCOCCOc1nc(-c2ccccc2C)n(-c2ccc(NC(=O)c3ccc(F)c(C)c3)cc2)n1. The van der Waals surface area contributed by atoms with Crippen molar-refractivity contribution in [3.8, 4) is 23.1 Å². The van der Waals surface area contributed by atoms with Gasteiger partial charge in [-0.2, -0.15) is 4.98 Å². The van der Waals surface area contributed by atoms with Gasteiger partial charge in [0, 0.05) is 23.4 Å². The Labute approximate surface area is 203 Å². The van der Waals surface area contributed by atoms with Gasteiger partial charge in [0.25, 0.3) is 5.91 Å². The number of aryl methyl sites for hydroxylation is 2. The molecule has 0 spiro atoms. The molecule has 35 heavy (non-hydrogen) atoms. The average molecular weight is 475 g/mol. The fraction of sp³-hybridized carbons (Fsp3) is 0.222. The first-order chi connectivity index (χ1) is 17.0. The molecule has 0 aliphatic carbocycles. The second kappa shape index (κ2) is 10.9. The molecule has 180 valence electrons. The van der Waals surface area contributed by atoms with Gasteiger partial charge < -0.3 is 14.8 Å². The van der Waals surface area contributed by atoms with E-state index in [-0.39, 0.29) is 17.7 Å². The zero-order chi connectivity index (χ0) is 24.8. The summed E-state index contributed by atoms with van der Waals surface area (Å²) in [6, 6.07) is 19.7. The highest BCUT2D eigenvalue weighted by Gasteiger charge is 2.17. The molecule has 4 rings (SSSR count). The summed E-state index contributed by atoms with van der Waals surface area (Å²) >= 11 is 0. The molecule has 0 radical (unpaired) electrons. The van der Waals surface area contributed by atoms with Gasteiger partial charge in [0.15, 0.2) is 5.82 Å². The lowest BCUT2D eigenvalue weighted by molar-refractivity contribution is 0.102. The van der Waals surface area contributed by atoms with Crippen LogP contribution in [0.15, 0.2) is 66.7 Å². The number of benzene rings is 3. The Morgan fingerprint density at radius 2 is 1.77 bits per heavy atom. The zero-order valence-corrected chi connectivity index (χ0v) is 19.9. The van der Waals surface area contributed by atoms with E-state index < -0.39 is 0 Å². The summed E-state index contributed by atoms with van der Waals surface area (Å²) in [5, 5.41) is 7.40. The first kappa shape index (κ1) is 24.1. The van der Waals surface area contributed by atoms with Crippen molar-refractivity contribution in [1.82, 2.24) is 14.8 Å². The number of ether oxygens (including phenoxy) is 2. The normalized spacial score (nSPS) is 10.9. The smallest absolute Gasteiger partial charge is 0.336 e. The maximum Gasteiger partial charge on any atom is 0.336 e. The molecule has 4 aromatic rings. The van der Waals surface area contributed by atoms with Crippen LogP contribution in [0.4, 0.5) is 10.1 Å². The number of nitrogens with one attached hydrogen (secondary N) is 1. The number of nitrogens with zero attached hydrogens (tertiary/aromatic N) is 3. The molecule has 1 aromatic heterocycles. The van der Waals surface area contributed by atoms with E-state index in [0.29, 0.717) is 42.5 Å². The van der Waals surface area contributed by atoms with Crippen LogP contribution in [0.1, 0.15) is 28.4 Å². The van der Waals surface area contributed by atoms with Crippen LogP contribution in [0.25, 0.3) is 17.1 Å². The highest BCUT2D eigenvalue weighted by Crippen LogP contribution is 2.27. The minimum atomic E-state index is -0.343. The third-order valence-corrected chi connectivity index (χ3v) is 5.43. The number of carbonyl (C=O) groups excluding carboxylic acids is 1. The predicted molar refractivity (Wildman–Crippen MR) is 133 cm³/mol. The molecule has 1 amide bonds. The minimum Gasteiger partial charge on any atom is -0.460 e. The molecule has 0 bridgehead atoms. The van der Waals surface area contributed by atoms with E-state index in [9.17, 15) is 9.18 Å². The quantitative estimate of drug-likeness (QED) is 0.331. The molecule has 3 aromatic carbocycles. The van der Waals surface area contributed by atoms with E-state index in [1.807, 2.05) is 50.2 Å². The topological polar surface area (TPSA) is 78.3 Å². The Balaban J connectivity index is 1.58. The van der Waals surface area contributed by atoms with Crippen molar-refractivity contribution in [3.05, 3.63) is 89.2 Å². The standard InChI is InChI=1S/C27H27FN4O3/c1-4-34-15-16-35-27-30-25(23-8-6-5-7-18(23)2)32(31-27)22-12-10-21(11-13-22)29-26(33)20-9-14-24(28)19(3)17-20/h5-14,17H,4,15-16H2,1-3H3,(H,29,33). The van der Waals surface area contributed by atoms with Crippen molar-refractivity contribution >= 4 is 11.6 Å². The van der Waals surface area contributed by atoms with Crippen molar-refractivity contribution in [2.24, 2.45) is 0 Å². The van der Waals surface area contributed by atoms with E-state index in [2.05, 4.69) is 15.4 Å². The highest BCUT2D eigenvalue weighted by atomic mass is 19.1. The van der Waals surface area contributed by atoms with Crippen LogP contribution in [0.3, 0.4) is 0 Å². The van der Waals surface area contributed by atoms with Crippen LogP contribution < -0.4 is 10.1 Å². The largest absolute Gasteiger partial charge is 0.460 e. The number of anilines is 1. The molecule has 0 aliphatic heterocycles. The van der Waals surface area contributed by atoms with Gasteiger partial charge in [-0.25, -0.2) is 9.07 Å². The molecular formula is C27H27FN4O3. The zero-order valence-electron chi connectivity index (χ0n) is 19.9. The predicted octanol–water partition coefficient (Wildman–Crippen LogP) is 5.36. The van der Waals surface area contributed by atoms with Crippen LogP contribution in [0.2, 0.25) is 0 Å². The molecule has 8 heteroatoms. The Morgan fingerprint density at radius 1 is 1.00 bits per heavy atom. The van der Waals surface area contributed by atoms with Gasteiger partial charge in [0.1, 0.15) is 12.4 Å². The lowest BCUT2D eigenvalue weighted by atomic mass is 10.1. The van der Waals surface area contributed by atoms with E-state index in [1.54, 1.807) is 23.7 Å². The summed E-state index contributed by atoms with van der Waals surface area (Å²) in [5.74, 6) is -0.00953. The molecule has 0 aliphatic rings. The lowest BCUT2D eigenvalue weighted by Gasteiger charge is -2.10. The third kappa shape index (κ3) is 5.73. The van der Waals surface area contributed by atoms with E-state index >= 15 is 0 Å². The van der Waals surface area contributed by atoms with Crippen molar-refractivity contribution in [1.29, 1.82) is 0 Å². The third-order valence-electron chi connectivity index (χ3n) is 5.43. The number of carbonyl (C=O) groups is 1. The summed E-state index contributed by atoms with van der Waals surface area (Å²) in [7, 11) is 0. The van der Waals surface area contributed by atoms with Crippen molar-refractivity contribution < 1.29 is 18.7 Å². The molecule has 0 atom stereocenters. The summed E-state index contributed by atoms with van der Waals surface area (Å²) in [5.41, 5.74) is 4.16. The molecule has 0 saturated carbocycles. The number of hydrogen-bond donors (Lipinski definition) is 1. The molecule has 0 unspecified atom stereocenters. The van der Waals surface area contributed by atoms with Gasteiger partial charge >= 0.3 is 6.01 Å². The van der Waals surface area contributed by atoms with Gasteiger partial charge in [-0.15, -0.1) is 5.10 Å². The molecule has 1 N–H and O–H groups in total. The molecular weight excluding hydrogens is 447 g/mol. The number of halogens is 1. The van der Waals surface area contributed by atoms with Crippen molar-refractivity contribution in [2.45, 2.75) is 20.8 Å². The van der Waals surface area contributed by atoms with Gasteiger partial charge in [0.05, 0.1) is 12.3 Å². The Kier molecular flexibility index (Phi) is 7.52. The number of amides is 1. The Bertz CT molecular complexity index is 1320. The molecule has 7 nitrogen and oxygen atoms in total.